The first-order valence-corrected chi connectivity index (χ1v) is 9.78. The van der Waals surface area contributed by atoms with Crippen LogP contribution < -0.4 is 10.1 Å². The second-order valence-electron chi connectivity index (χ2n) is 6.70. The maximum absolute atomic E-state index is 13.1. The molecule has 0 saturated carbocycles. The Kier molecular flexibility index (Phi) is 6.84. The van der Waals surface area contributed by atoms with Crippen molar-refractivity contribution in [1.82, 2.24) is 10.2 Å². The van der Waals surface area contributed by atoms with E-state index in [0.717, 1.165) is 24.8 Å². The van der Waals surface area contributed by atoms with Crippen LogP contribution in [0.15, 0.2) is 60.3 Å². The van der Waals surface area contributed by atoms with Crippen molar-refractivity contribution in [2.45, 2.75) is 26.2 Å². The molecule has 5 nitrogen and oxygen atoms in total. The lowest BCUT2D eigenvalue weighted by Crippen LogP contribution is -2.41. The summed E-state index contributed by atoms with van der Waals surface area (Å²) < 4.78 is 5.67. The summed E-state index contributed by atoms with van der Waals surface area (Å²) >= 11 is 0. The van der Waals surface area contributed by atoms with Gasteiger partial charge in [-0.05, 0) is 50.5 Å². The average Bonchev–Trinajstić information content (AvgIpc) is 2.75. The predicted molar refractivity (Wildman–Crippen MR) is 110 cm³/mol. The molecular weight excluding hydrogens is 352 g/mol. The van der Waals surface area contributed by atoms with Gasteiger partial charge >= 0.3 is 0 Å². The van der Waals surface area contributed by atoms with Crippen LogP contribution in [0.25, 0.3) is 6.08 Å². The van der Waals surface area contributed by atoms with Crippen LogP contribution in [0.3, 0.4) is 0 Å². The minimum Gasteiger partial charge on any atom is -0.493 e. The summed E-state index contributed by atoms with van der Waals surface area (Å²) in [6.45, 7) is 3.86. The molecule has 0 unspecified atom stereocenters. The topological polar surface area (TPSA) is 58.6 Å². The summed E-state index contributed by atoms with van der Waals surface area (Å²) in [4.78, 5) is 27.6. The number of nitrogens with zero attached hydrogens (tertiary/aromatic N) is 1. The molecule has 3 rings (SSSR count). The van der Waals surface area contributed by atoms with Crippen LogP contribution in [0.5, 0.6) is 5.75 Å². The second-order valence-corrected chi connectivity index (χ2v) is 6.70. The highest BCUT2D eigenvalue weighted by Gasteiger charge is 2.22. The number of likely N-dealkylation sites (tertiary alicyclic amines) is 1. The molecule has 0 radical (unpaired) electrons. The van der Waals surface area contributed by atoms with Gasteiger partial charge in [-0.25, -0.2) is 0 Å². The highest BCUT2D eigenvalue weighted by atomic mass is 16.5. The van der Waals surface area contributed by atoms with Crippen molar-refractivity contribution in [2.24, 2.45) is 0 Å². The number of nitrogens with one attached hydrogen (secondary N) is 1. The quantitative estimate of drug-likeness (QED) is 0.777. The SMILES string of the molecule is CCOc1ccccc1/C=C(\NC(=O)c1ccccc1)C(=O)N1CCCCC1. The number of piperidine rings is 1. The van der Waals surface area contributed by atoms with Gasteiger partial charge in [0, 0.05) is 24.2 Å². The molecule has 0 spiro atoms. The molecule has 0 bridgehead atoms. The number of ether oxygens (including phenoxy) is 1. The first-order chi connectivity index (χ1) is 13.7. The summed E-state index contributed by atoms with van der Waals surface area (Å²) in [6, 6.07) is 16.4. The zero-order valence-electron chi connectivity index (χ0n) is 16.2. The fourth-order valence-corrected chi connectivity index (χ4v) is 3.24. The molecule has 2 aromatic rings. The number of amides is 2. The van der Waals surface area contributed by atoms with E-state index in [-0.39, 0.29) is 17.5 Å². The van der Waals surface area contributed by atoms with E-state index < -0.39 is 0 Å². The van der Waals surface area contributed by atoms with Crippen molar-refractivity contribution in [3.05, 3.63) is 71.4 Å². The van der Waals surface area contributed by atoms with Crippen LogP contribution in [0.2, 0.25) is 0 Å². The van der Waals surface area contributed by atoms with Crippen LogP contribution in [-0.4, -0.2) is 36.4 Å². The molecule has 1 heterocycles. The number of carbonyl (C=O) groups is 2. The van der Waals surface area contributed by atoms with E-state index in [9.17, 15) is 9.59 Å². The van der Waals surface area contributed by atoms with Crippen LogP contribution in [0.1, 0.15) is 42.1 Å². The molecule has 1 N–H and O–H groups in total. The van der Waals surface area contributed by atoms with Gasteiger partial charge in [0.25, 0.3) is 11.8 Å². The largest absolute Gasteiger partial charge is 0.493 e. The Morgan fingerprint density at radius 1 is 1.00 bits per heavy atom. The van der Waals surface area contributed by atoms with Gasteiger partial charge in [0.2, 0.25) is 0 Å². The van der Waals surface area contributed by atoms with Crippen LogP contribution in [-0.2, 0) is 4.79 Å². The molecule has 0 atom stereocenters. The van der Waals surface area contributed by atoms with Gasteiger partial charge in [0.05, 0.1) is 6.61 Å². The van der Waals surface area contributed by atoms with Crippen LogP contribution in [0, 0.1) is 0 Å². The van der Waals surface area contributed by atoms with E-state index >= 15 is 0 Å². The fraction of sp³-hybridized carbons (Fsp3) is 0.304. The van der Waals surface area contributed by atoms with Gasteiger partial charge < -0.3 is 15.0 Å². The summed E-state index contributed by atoms with van der Waals surface area (Å²) in [5.41, 5.74) is 1.54. The number of hydrogen-bond acceptors (Lipinski definition) is 3. The van der Waals surface area contributed by atoms with Crippen molar-refractivity contribution in [1.29, 1.82) is 0 Å². The lowest BCUT2D eigenvalue weighted by molar-refractivity contribution is -0.128. The van der Waals surface area contributed by atoms with Gasteiger partial charge in [-0.1, -0.05) is 36.4 Å². The molecule has 2 aromatic carbocycles. The number of hydrogen-bond donors (Lipinski definition) is 1. The van der Waals surface area contributed by atoms with Gasteiger partial charge in [0.15, 0.2) is 0 Å². The van der Waals surface area contributed by atoms with Crippen molar-refractivity contribution in [3.63, 3.8) is 0 Å². The Labute approximate surface area is 166 Å². The van der Waals surface area contributed by atoms with E-state index in [4.69, 9.17) is 4.74 Å². The molecule has 28 heavy (non-hydrogen) atoms. The minimum atomic E-state index is -0.300. The summed E-state index contributed by atoms with van der Waals surface area (Å²) in [7, 11) is 0. The van der Waals surface area contributed by atoms with Crippen molar-refractivity contribution < 1.29 is 14.3 Å². The Hall–Kier alpha value is -3.08. The number of para-hydroxylation sites is 1. The van der Waals surface area contributed by atoms with Gasteiger partial charge in [-0.15, -0.1) is 0 Å². The highest BCUT2D eigenvalue weighted by molar-refractivity contribution is 6.05. The third-order valence-corrected chi connectivity index (χ3v) is 4.68. The monoisotopic (exact) mass is 378 g/mol. The van der Waals surface area contributed by atoms with E-state index in [1.807, 2.05) is 42.2 Å². The molecule has 1 saturated heterocycles. The number of benzene rings is 2. The second kappa shape index (κ2) is 9.74. The van der Waals surface area contributed by atoms with Crippen LogP contribution >= 0.6 is 0 Å². The number of rotatable bonds is 6. The molecule has 5 heteroatoms. The van der Waals surface area contributed by atoms with Crippen LogP contribution in [0.4, 0.5) is 0 Å². The summed E-state index contributed by atoms with van der Waals surface area (Å²) in [5.74, 6) is 0.226. The third-order valence-electron chi connectivity index (χ3n) is 4.68. The van der Waals surface area contributed by atoms with Gasteiger partial charge in [-0.3, -0.25) is 9.59 Å². The summed E-state index contributed by atoms with van der Waals surface area (Å²) in [5, 5.41) is 2.82. The standard InChI is InChI=1S/C23H26N2O3/c1-2-28-21-14-8-7-13-19(21)17-20(23(27)25-15-9-4-10-16-25)24-22(26)18-11-5-3-6-12-18/h3,5-8,11-14,17H,2,4,9-10,15-16H2,1H3,(H,24,26)/b20-17-. The van der Waals surface area contributed by atoms with E-state index in [1.54, 1.807) is 30.3 Å². The first kappa shape index (κ1) is 19.7. The fourth-order valence-electron chi connectivity index (χ4n) is 3.24. The zero-order chi connectivity index (χ0) is 19.8. The lowest BCUT2D eigenvalue weighted by Gasteiger charge is -2.27. The molecule has 0 aromatic heterocycles. The minimum absolute atomic E-state index is 0.157. The van der Waals surface area contributed by atoms with Crippen molar-refractivity contribution in [2.75, 3.05) is 19.7 Å². The smallest absolute Gasteiger partial charge is 0.270 e. The van der Waals surface area contributed by atoms with E-state index in [0.29, 0.717) is 31.0 Å². The Bertz CT molecular complexity index is 840. The highest BCUT2D eigenvalue weighted by Crippen LogP contribution is 2.22. The maximum atomic E-state index is 13.1. The van der Waals surface area contributed by atoms with Gasteiger partial charge in [0.1, 0.15) is 11.4 Å². The van der Waals surface area contributed by atoms with E-state index in [1.165, 1.54) is 0 Å². The maximum Gasteiger partial charge on any atom is 0.270 e. The Balaban J connectivity index is 1.92. The molecule has 1 aliphatic heterocycles. The average molecular weight is 378 g/mol. The predicted octanol–water partition coefficient (Wildman–Crippen LogP) is 3.87. The molecular formula is C23H26N2O3. The summed E-state index contributed by atoms with van der Waals surface area (Å²) in [6.07, 6.45) is 4.82. The van der Waals surface area contributed by atoms with E-state index in [2.05, 4.69) is 5.32 Å². The van der Waals surface area contributed by atoms with Gasteiger partial charge in [-0.2, -0.15) is 0 Å². The lowest BCUT2D eigenvalue weighted by atomic mass is 10.1. The van der Waals surface area contributed by atoms with Crippen molar-refractivity contribution >= 4 is 17.9 Å². The number of carbonyl (C=O) groups excluding carboxylic acids is 2. The zero-order valence-corrected chi connectivity index (χ0v) is 16.2. The third kappa shape index (κ3) is 5.00. The van der Waals surface area contributed by atoms with Crippen molar-refractivity contribution in [3.8, 4) is 5.75 Å². The molecule has 1 fully saturated rings. The molecule has 2 amide bonds. The Morgan fingerprint density at radius 3 is 2.39 bits per heavy atom. The molecule has 146 valence electrons. The molecule has 0 aliphatic carbocycles. The Morgan fingerprint density at radius 2 is 1.68 bits per heavy atom. The first-order valence-electron chi connectivity index (χ1n) is 9.78. The normalized spacial score (nSPS) is 14.5. The molecule has 1 aliphatic rings.